The van der Waals surface area contributed by atoms with Gasteiger partial charge in [0.15, 0.2) is 0 Å². The van der Waals surface area contributed by atoms with Crippen molar-refractivity contribution in [1.29, 1.82) is 0 Å². The molecule has 1 N–H and O–H groups in total. The SMILES string of the molecule is CCCNC(c1cccc(Br)c1)c1c(Br)cnn1CCC. The highest BCUT2D eigenvalue weighted by atomic mass is 79.9. The zero-order valence-corrected chi connectivity index (χ0v) is 15.6. The summed E-state index contributed by atoms with van der Waals surface area (Å²) in [6.07, 6.45) is 4.06. The minimum absolute atomic E-state index is 0.144. The van der Waals surface area contributed by atoms with Gasteiger partial charge >= 0.3 is 0 Å². The van der Waals surface area contributed by atoms with Gasteiger partial charge in [0.25, 0.3) is 0 Å². The maximum atomic E-state index is 4.50. The van der Waals surface area contributed by atoms with Gasteiger partial charge in [-0.15, -0.1) is 0 Å². The number of rotatable bonds is 7. The maximum absolute atomic E-state index is 4.50. The van der Waals surface area contributed by atoms with Gasteiger partial charge in [0.1, 0.15) is 0 Å². The van der Waals surface area contributed by atoms with Gasteiger partial charge in [0.2, 0.25) is 0 Å². The first-order valence-corrected chi connectivity index (χ1v) is 8.96. The molecular weight excluding hydrogens is 394 g/mol. The summed E-state index contributed by atoms with van der Waals surface area (Å²) in [6, 6.07) is 8.61. The Morgan fingerprint density at radius 3 is 2.71 bits per heavy atom. The van der Waals surface area contributed by atoms with Crippen LogP contribution >= 0.6 is 31.9 Å². The van der Waals surface area contributed by atoms with E-state index in [4.69, 9.17) is 0 Å². The van der Waals surface area contributed by atoms with Gasteiger partial charge in [0.05, 0.1) is 22.4 Å². The zero-order valence-electron chi connectivity index (χ0n) is 12.4. The van der Waals surface area contributed by atoms with Crippen LogP contribution < -0.4 is 5.32 Å². The van der Waals surface area contributed by atoms with Gasteiger partial charge in [-0.2, -0.15) is 5.10 Å². The molecule has 114 valence electrons. The minimum Gasteiger partial charge on any atom is -0.305 e. The Kier molecular flexibility index (Phi) is 6.45. The van der Waals surface area contributed by atoms with Crippen LogP contribution in [0.3, 0.4) is 0 Å². The predicted molar refractivity (Wildman–Crippen MR) is 94.5 cm³/mol. The fourth-order valence-corrected chi connectivity index (χ4v) is 3.34. The Bertz CT molecular complexity index is 581. The molecule has 0 amide bonds. The van der Waals surface area contributed by atoms with Crippen LogP contribution in [0.2, 0.25) is 0 Å². The Balaban J connectivity index is 2.42. The molecule has 21 heavy (non-hydrogen) atoms. The average Bonchev–Trinajstić information content (AvgIpc) is 2.82. The highest BCUT2D eigenvalue weighted by Gasteiger charge is 2.21. The van der Waals surface area contributed by atoms with E-state index in [2.05, 4.69) is 85.1 Å². The van der Waals surface area contributed by atoms with Crippen LogP contribution in [0, 0.1) is 0 Å². The standard InChI is InChI=1S/C16H21Br2N3/c1-3-8-19-15(12-6-5-7-13(17)10-12)16-14(18)11-20-21(16)9-4-2/h5-7,10-11,15,19H,3-4,8-9H2,1-2H3. The molecule has 1 aromatic heterocycles. The van der Waals surface area contributed by atoms with Crippen molar-refractivity contribution in [3.63, 3.8) is 0 Å². The molecule has 0 spiro atoms. The fourth-order valence-electron chi connectivity index (χ4n) is 2.40. The molecular formula is C16H21Br2N3. The first kappa shape index (κ1) is 16.7. The van der Waals surface area contributed by atoms with Gasteiger partial charge in [0, 0.05) is 11.0 Å². The van der Waals surface area contributed by atoms with Crippen LogP contribution in [0.4, 0.5) is 0 Å². The third-order valence-electron chi connectivity index (χ3n) is 3.32. The van der Waals surface area contributed by atoms with Gasteiger partial charge < -0.3 is 5.32 Å². The molecule has 0 saturated carbocycles. The van der Waals surface area contributed by atoms with Crippen LogP contribution in [0.25, 0.3) is 0 Å². The van der Waals surface area contributed by atoms with Crippen molar-refractivity contribution >= 4 is 31.9 Å². The Morgan fingerprint density at radius 2 is 2.05 bits per heavy atom. The normalized spacial score (nSPS) is 12.6. The topological polar surface area (TPSA) is 29.9 Å². The summed E-state index contributed by atoms with van der Waals surface area (Å²) in [4.78, 5) is 0. The number of benzene rings is 1. The minimum atomic E-state index is 0.144. The zero-order chi connectivity index (χ0) is 15.2. The molecule has 0 aliphatic carbocycles. The lowest BCUT2D eigenvalue weighted by Crippen LogP contribution is -2.26. The van der Waals surface area contributed by atoms with E-state index < -0.39 is 0 Å². The highest BCUT2D eigenvalue weighted by Crippen LogP contribution is 2.30. The lowest BCUT2D eigenvalue weighted by molar-refractivity contribution is 0.510. The number of nitrogens with one attached hydrogen (secondary N) is 1. The smallest absolute Gasteiger partial charge is 0.0760 e. The lowest BCUT2D eigenvalue weighted by atomic mass is 10.0. The number of aryl methyl sites for hydroxylation is 1. The summed E-state index contributed by atoms with van der Waals surface area (Å²) in [5.74, 6) is 0. The number of nitrogens with zero attached hydrogens (tertiary/aromatic N) is 2. The number of halogens is 2. The fraction of sp³-hybridized carbons (Fsp3) is 0.438. The second-order valence-corrected chi connectivity index (χ2v) is 6.81. The van der Waals surface area contributed by atoms with E-state index in [9.17, 15) is 0 Å². The summed E-state index contributed by atoms with van der Waals surface area (Å²) >= 11 is 7.23. The Labute approximate surface area is 143 Å². The molecule has 1 atom stereocenters. The monoisotopic (exact) mass is 413 g/mol. The van der Waals surface area contributed by atoms with Crippen molar-refractivity contribution in [2.24, 2.45) is 0 Å². The maximum Gasteiger partial charge on any atom is 0.0760 e. The van der Waals surface area contributed by atoms with Crippen LogP contribution in [0.15, 0.2) is 39.4 Å². The first-order valence-electron chi connectivity index (χ1n) is 7.37. The number of hydrogen-bond acceptors (Lipinski definition) is 2. The molecule has 0 aliphatic rings. The molecule has 1 unspecified atom stereocenters. The van der Waals surface area contributed by atoms with E-state index >= 15 is 0 Å². The van der Waals surface area contributed by atoms with E-state index in [0.717, 1.165) is 34.9 Å². The van der Waals surface area contributed by atoms with Crippen LogP contribution in [-0.2, 0) is 6.54 Å². The first-order chi connectivity index (χ1) is 10.2. The van der Waals surface area contributed by atoms with Crippen molar-refractivity contribution in [2.75, 3.05) is 6.54 Å². The molecule has 3 nitrogen and oxygen atoms in total. The quantitative estimate of drug-likeness (QED) is 0.697. The largest absolute Gasteiger partial charge is 0.305 e. The second kappa shape index (κ2) is 8.11. The van der Waals surface area contributed by atoms with Gasteiger partial charge in [-0.1, -0.05) is 41.9 Å². The Hall–Kier alpha value is -0.650. The Morgan fingerprint density at radius 1 is 1.24 bits per heavy atom. The van der Waals surface area contributed by atoms with E-state index in [1.807, 2.05) is 6.20 Å². The van der Waals surface area contributed by atoms with Crippen molar-refractivity contribution in [2.45, 2.75) is 39.3 Å². The predicted octanol–water partition coefficient (Wildman–Crippen LogP) is 4.91. The molecule has 5 heteroatoms. The van der Waals surface area contributed by atoms with Crippen molar-refractivity contribution in [3.05, 3.63) is 50.7 Å². The highest BCUT2D eigenvalue weighted by molar-refractivity contribution is 9.10. The molecule has 0 bridgehead atoms. The van der Waals surface area contributed by atoms with Gasteiger partial charge in [-0.25, -0.2) is 0 Å². The molecule has 0 radical (unpaired) electrons. The third kappa shape index (κ3) is 4.18. The van der Waals surface area contributed by atoms with E-state index in [-0.39, 0.29) is 6.04 Å². The third-order valence-corrected chi connectivity index (χ3v) is 4.43. The van der Waals surface area contributed by atoms with Gasteiger partial charge in [-0.3, -0.25) is 4.68 Å². The number of aromatic nitrogens is 2. The van der Waals surface area contributed by atoms with Crippen LogP contribution in [0.1, 0.15) is 44.0 Å². The summed E-state index contributed by atoms with van der Waals surface area (Å²) in [6.45, 7) is 6.26. The van der Waals surface area contributed by atoms with Gasteiger partial charge in [-0.05, 0) is 53.0 Å². The number of hydrogen-bond donors (Lipinski definition) is 1. The van der Waals surface area contributed by atoms with Crippen molar-refractivity contribution in [3.8, 4) is 0 Å². The van der Waals surface area contributed by atoms with Crippen molar-refractivity contribution < 1.29 is 0 Å². The lowest BCUT2D eigenvalue weighted by Gasteiger charge is -2.21. The second-order valence-electron chi connectivity index (χ2n) is 5.04. The summed E-state index contributed by atoms with van der Waals surface area (Å²) in [7, 11) is 0. The molecule has 1 heterocycles. The van der Waals surface area contributed by atoms with Crippen LogP contribution in [-0.4, -0.2) is 16.3 Å². The summed E-state index contributed by atoms with van der Waals surface area (Å²) < 4.78 is 4.25. The van der Waals surface area contributed by atoms with Crippen molar-refractivity contribution in [1.82, 2.24) is 15.1 Å². The summed E-state index contributed by atoms with van der Waals surface area (Å²) in [5, 5.41) is 8.14. The van der Waals surface area contributed by atoms with E-state index in [0.29, 0.717) is 0 Å². The summed E-state index contributed by atoms with van der Waals surface area (Å²) in [5.41, 5.74) is 2.44. The molecule has 0 fully saturated rings. The van der Waals surface area contributed by atoms with E-state index in [1.54, 1.807) is 0 Å². The van der Waals surface area contributed by atoms with Crippen LogP contribution in [0.5, 0.6) is 0 Å². The molecule has 2 aromatic rings. The molecule has 1 aromatic carbocycles. The molecule has 0 aliphatic heterocycles. The molecule has 2 rings (SSSR count). The average molecular weight is 415 g/mol. The molecule has 0 saturated heterocycles. The van der Waals surface area contributed by atoms with E-state index in [1.165, 1.54) is 11.3 Å².